The van der Waals surface area contributed by atoms with Gasteiger partial charge < -0.3 is 9.97 Å². The molecule has 0 saturated carbocycles. The van der Waals surface area contributed by atoms with Crippen LogP contribution in [0.3, 0.4) is 0 Å². The highest BCUT2D eigenvalue weighted by atomic mass is 35.5. The van der Waals surface area contributed by atoms with E-state index in [-0.39, 0.29) is 7.43 Å². The smallest absolute Gasteiger partial charge is 0.143 e. The molecular formula is C13H11Cl3N6. The summed E-state index contributed by atoms with van der Waals surface area (Å²) in [6.07, 6.45) is 6.23. The Kier molecular flexibility index (Phi) is 5.18. The molecule has 0 aliphatic rings. The van der Waals surface area contributed by atoms with Crippen LogP contribution >= 0.6 is 34.8 Å². The summed E-state index contributed by atoms with van der Waals surface area (Å²) in [7, 11) is 0. The second kappa shape index (κ2) is 6.91. The lowest BCUT2D eigenvalue weighted by Gasteiger charge is -1.90. The van der Waals surface area contributed by atoms with E-state index in [4.69, 9.17) is 34.8 Å². The Hall–Kier alpha value is -1.89. The van der Waals surface area contributed by atoms with Crippen LogP contribution in [0.1, 0.15) is 7.43 Å². The maximum atomic E-state index is 5.78. The number of hydrogen-bond acceptors (Lipinski definition) is 4. The number of fused-ring (bicyclic) bond motifs is 2. The quantitative estimate of drug-likeness (QED) is 0.453. The molecule has 0 bridgehead atoms. The molecular weight excluding hydrogens is 347 g/mol. The number of H-pyrrole nitrogens is 2. The topological polar surface area (TPSA) is 83.1 Å². The minimum absolute atomic E-state index is 0. The minimum atomic E-state index is 0. The lowest BCUT2D eigenvalue weighted by atomic mass is 10.4. The first kappa shape index (κ1) is 16.5. The zero-order valence-corrected chi connectivity index (χ0v) is 12.6. The molecule has 0 atom stereocenters. The zero-order chi connectivity index (χ0) is 14.8. The number of halogens is 3. The molecule has 6 nitrogen and oxygen atoms in total. The Bertz CT molecular complexity index is 901. The van der Waals surface area contributed by atoms with Gasteiger partial charge in [0.1, 0.15) is 34.3 Å². The molecule has 22 heavy (non-hydrogen) atoms. The van der Waals surface area contributed by atoms with Crippen molar-refractivity contribution >= 4 is 56.9 Å². The Morgan fingerprint density at radius 2 is 1.50 bits per heavy atom. The van der Waals surface area contributed by atoms with Crippen LogP contribution in [0.4, 0.5) is 0 Å². The molecule has 9 heteroatoms. The maximum Gasteiger partial charge on any atom is 0.143 e. The van der Waals surface area contributed by atoms with Crippen LogP contribution in [0.2, 0.25) is 15.3 Å². The molecule has 0 aliphatic carbocycles. The first-order valence-electron chi connectivity index (χ1n) is 5.73. The van der Waals surface area contributed by atoms with Gasteiger partial charge in [0.15, 0.2) is 0 Å². The molecule has 0 amide bonds. The summed E-state index contributed by atoms with van der Waals surface area (Å²) in [5.41, 5.74) is 1.44. The lowest BCUT2D eigenvalue weighted by molar-refractivity contribution is 1.20. The number of nitrogens with one attached hydrogen (secondary N) is 2. The van der Waals surface area contributed by atoms with E-state index >= 15 is 0 Å². The molecule has 0 aromatic carbocycles. The summed E-state index contributed by atoms with van der Waals surface area (Å²) < 4.78 is 0. The average Bonchev–Trinajstić information content (AvgIpc) is 3.08. The predicted octanol–water partition coefficient (Wildman–Crippen LogP) is 4.51. The van der Waals surface area contributed by atoms with E-state index in [1.807, 2.05) is 6.07 Å². The number of nitrogens with zero attached hydrogens (tertiary/aromatic N) is 4. The van der Waals surface area contributed by atoms with Gasteiger partial charge in [-0.3, -0.25) is 0 Å². The Labute approximate surface area is 140 Å². The lowest BCUT2D eigenvalue weighted by Crippen LogP contribution is -1.79. The molecule has 4 aromatic rings. The SMILES string of the molecule is C.Clc1c[nH]c2ncnc(Cl)c12.Clc1ncnc2[nH]ccc12. The third kappa shape index (κ3) is 3.14. The van der Waals surface area contributed by atoms with Gasteiger partial charge in [-0.25, -0.2) is 19.9 Å². The second-order valence-electron chi connectivity index (χ2n) is 3.93. The number of aromatic amines is 2. The van der Waals surface area contributed by atoms with Crippen LogP contribution < -0.4 is 0 Å². The minimum Gasteiger partial charge on any atom is -0.346 e. The second-order valence-corrected chi connectivity index (χ2v) is 5.05. The largest absolute Gasteiger partial charge is 0.346 e. The molecule has 4 aromatic heterocycles. The third-order valence-electron chi connectivity index (χ3n) is 2.68. The summed E-state index contributed by atoms with van der Waals surface area (Å²) >= 11 is 17.3. The highest BCUT2D eigenvalue weighted by Crippen LogP contribution is 2.26. The van der Waals surface area contributed by atoms with E-state index in [0.29, 0.717) is 26.4 Å². The number of hydrogen-bond donors (Lipinski definition) is 2. The third-order valence-corrected chi connectivity index (χ3v) is 3.57. The normalized spacial score (nSPS) is 10.1. The Morgan fingerprint density at radius 3 is 2.18 bits per heavy atom. The van der Waals surface area contributed by atoms with Gasteiger partial charge in [-0.05, 0) is 6.07 Å². The Morgan fingerprint density at radius 1 is 0.818 bits per heavy atom. The van der Waals surface area contributed by atoms with Gasteiger partial charge in [0, 0.05) is 12.4 Å². The summed E-state index contributed by atoms with van der Waals surface area (Å²) in [6.45, 7) is 0. The van der Waals surface area contributed by atoms with Crippen molar-refractivity contribution in [2.75, 3.05) is 0 Å². The van der Waals surface area contributed by atoms with Crippen molar-refractivity contribution in [2.45, 2.75) is 7.43 Å². The first-order valence-corrected chi connectivity index (χ1v) is 6.87. The zero-order valence-electron chi connectivity index (χ0n) is 10.3. The summed E-state index contributed by atoms with van der Waals surface area (Å²) in [5.74, 6) is 0. The first-order chi connectivity index (χ1) is 10.2. The van der Waals surface area contributed by atoms with Crippen molar-refractivity contribution in [1.29, 1.82) is 0 Å². The van der Waals surface area contributed by atoms with Crippen molar-refractivity contribution in [1.82, 2.24) is 29.9 Å². The maximum absolute atomic E-state index is 5.78. The van der Waals surface area contributed by atoms with Gasteiger partial charge in [0.25, 0.3) is 0 Å². The van der Waals surface area contributed by atoms with Crippen LogP contribution in [0, 0.1) is 0 Å². The summed E-state index contributed by atoms with van der Waals surface area (Å²) in [6, 6.07) is 1.84. The highest BCUT2D eigenvalue weighted by molar-refractivity contribution is 6.41. The van der Waals surface area contributed by atoms with Crippen LogP contribution in [-0.2, 0) is 0 Å². The summed E-state index contributed by atoms with van der Waals surface area (Å²) in [4.78, 5) is 21.3. The van der Waals surface area contributed by atoms with E-state index in [0.717, 1.165) is 11.0 Å². The van der Waals surface area contributed by atoms with Crippen LogP contribution in [0.25, 0.3) is 22.1 Å². The molecule has 0 fully saturated rings. The molecule has 0 spiro atoms. The molecule has 114 valence electrons. The van der Waals surface area contributed by atoms with E-state index in [1.165, 1.54) is 12.7 Å². The van der Waals surface area contributed by atoms with Crippen molar-refractivity contribution < 1.29 is 0 Å². The van der Waals surface area contributed by atoms with Gasteiger partial charge in [0.05, 0.1) is 15.8 Å². The van der Waals surface area contributed by atoms with Gasteiger partial charge in [0.2, 0.25) is 0 Å². The van der Waals surface area contributed by atoms with E-state index in [1.54, 1.807) is 12.4 Å². The molecule has 2 N–H and O–H groups in total. The van der Waals surface area contributed by atoms with Gasteiger partial charge in [-0.1, -0.05) is 42.2 Å². The van der Waals surface area contributed by atoms with E-state index < -0.39 is 0 Å². The van der Waals surface area contributed by atoms with E-state index in [2.05, 4.69) is 29.9 Å². The van der Waals surface area contributed by atoms with Crippen molar-refractivity contribution in [3.05, 3.63) is 46.4 Å². The van der Waals surface area contributed by atoms with Gasteiger partial charge >= 0.3 is 0 Å². The molecule has 4 heterocycles. The fourth-order valence-corrected chi connectivity index (χ4v) is 2.44. The van der Waals surface area contributed by atoms with Crippen molar-refractivity contribution in [2.24, 2.45) is 0 Å². The molecule has 4 rings (SSSR count). The Balaban J connectivity index is 0.000000154. The van der Waals surface area contributed by atoms with Crippen LogP contribution in [-0.4, -0.2) is 29.9 Å². The molecule has 0 radical (unpaired) electrons. The van der Waals surface area contributed by atoms with Gasteiger partial charge in [-0.15, -0.1) is 0 Å². The average molecular weight is 358 g/mol. The van der Waals surface area contributed by atoms with Crippen molar-refractivity contribution in [3.8, 4) is 0 Å². The fourth-order valence-electron chi connectivity index (χ4n) is 1.73. The standard InChI is InChI=1S/C6H3Cl2N3.C6H4ClN3.CH4/c7-3-1-9-6-4(3)5(8)10-2-11-6;7-5-4-1-2-8-6(4)10-3-9-5;/h1-2H,(H,9,10,11);1-3H,(H,8,9,10);1H4. The van der Waals surface area contributed by atoms with E-state index in [9.17, 15) is 0 Å². The number of rotatable bonds is 0. The summed E-state index contributed by atoms with van der Waals surface area (Å²) in [5, 5.41) is 2.96. The van der Waals surface area contributed by atoms with Gasteiger partial charge in [-0.2, -0.15) is 0 Å². The van der Waals surface area contributed by atoms with Crippen molar-refractivity contribution in [3.63, 3.8) is 0 Å². The molecule has 0 unspecified atom stereocenters. The monoisotopic (exact) mass is 356 g/mol. The highest BCUT2D eigenvalue weighted by Gasteiger charge is 2.06. The fraction of sp³-hybridized carbons (Fsp3) is 0.0769. The molecule has 0 aliphatic heterocycles. The number of aromatic nitrogens is 6. The molecule has 0 saturated heterocycles. The predicted molar refractivity (Wildman–Crippen MR) is 89.5 cm³/mol. The van der Waals surface area contributed by atoms with Crippen LogP contribution in [0.5, 0.6) is 0 Å². The van der Waals surface area contributed by atoms with Crippen LogP contribution in [0.15, 0.2) is 31.1 Å².